The van der Waals surface area contributed by atoms with Crippen molar-refractivity contribution in [3.8, 4) is 11.5 Å². The number of nitro groups is 1. The van der Waals surface area contributed by atoms with Crippen LogP contribution >= 0.6 is 11.6 Å². The van der Waals surface area contributed by atoms with Crippen LogP contribution in [0.25, 0.3) is 16.5 Å². The zero-order valence-corrected chi connectivity index (χ0v) is 34.2. The van der Waals surface area contributed by atoms with Gasteiger partial charge in [-0.2, -0.15) is 4.72 Å². The van der Waals surface area contributed by atoms with E-state index >= 15 is 4.39 Å². The predicted molar refractivity (Wildman–Crippen MR) is 227 cm³/mol. The van der Waals surface area contributed by atoms with E-state index in [1.165, 1.54) is 42.0 Å². The number of nitrogens with one attached hydrogen (secondary N) is 3. The number of benzene rings is 4. The summed E-state index contributed by atoms with van der Waals surface area (Å²) < 4.78 is 42.4. The Morgan fingerprint density at radius 2 is 1.79 bits per heavy atom. The quantitative estimate of drug-likeness (QED) is 0.0432. The van der Waals surface area contributed by atoms with Crippen molar-refractivity contribution >= 4 is 62.4 Å². The van der Waals surface area contributed by atoms with Crippen molar-refractivity contribution in [3.63, 3.8) is 0 Å². The van der Waals surface area contributed by atoms with Gasteiger partial charge in [-0.25, -0.2) is 4.39 Å². The standard InChI is InChI=1S/C43H46ClFN6O6S/c1-43(2)14-12-30(35(26-43)28-4-6-31(44)7-5-28)27-49-17-19-50(20-18-49)32-8-10-34(40(23-32)57-41-22-29-13-15-46-38(29)25-36(41)45)42(52)48-58(55)33-9-11-37(47-16-21-56-3)39(24-33)51(53)54/h4-11,13,15,22-25,46-47H,12,14,16-21,26-27H2,1-3H3,(H,48,52). The number of nitro benzene ring substituents is 1. The minimum atomic E-state index is -2.18. The molecule has 0 spiro atoms. The smallest absolute Gasteiger partial charge is 0.297 e. The molecule has 3 N–H and O–H groups in total. The summed E-state index contributed by atoms with van der Waals surface area (Å²) in [4.78, 5) is 32.7. The molecule has 2 aliphatic rings. The number of aromatic nitrogens is 1. The van der Waals surface area contributed by atoms with Crippen LogP contribution in [-0.2, 0) is 16.1 Å². The van der Waals surface area contributed by atoms with E-state index in [9.17, 15) is 19.5 Å². The SMILES string of the molecule is COCCNc1ccc([S+]([O-])NC(=O)c2ccc(N3CCN(CC4=C(c5ccc(Cl)cc5)CC(C)(C)CC4)CC3)cc2Oc2cc3cc[nH]c3cc2F)cc1[N+](=O)[O-]. The first-order valence-electron chi connectivity index (χ1n) is 19.1. The Kier molecular flexibility index (Phi) is 12.6. The van der Waals surface area contributed by atoms with Crippen molar-refractivity contribution in [2.45, 2.75) is 38.0 Å². The van der Waals surface area contributed by atoms with E-state index < -0.39 is 28.0 Å². The maximum atomic E-state index is 15.4. The maximum Gasteiger partial charge on any atom is 0.297 e. The molecule has 12 nitrogen and oxygen atoms in total. The first-order valence-corrected chi connectivity index (χ1v) is 20.7. The highest BCUT2D eigenvalue weighted by Crippen LogP contribution is 2.43. The average Bonchev–Trinajstić information content (AvgIpc) is 3.66. The number of ether oxygens (including phenoxy) is 2. The lowest BCUT2D eigenvalue weighted by molar-refractivity contribution is -0.384. The summed E-state index contributed by atoms with van der Waals surface area (Å²) in [5.74, 6) is -1.42. The molecule has 0 bridgehead atoms. The number of piperazine rings is 1. The van der Waals surface area contributed by atoms with Gasteiger partial charge in [0.05, 0.1) is 23.2 Å². The fourth-order valence-corrected chi connectivity index (χ4v) is 8.47. The van der Waals surface area contributed by atoms with Gasteiger partial charge in [0.25, 0.3) is 11.6 Å². The average molecular weight is 829 g/mol. The topological polar surface area (TPSA) is 148 Å². The number of carbonyl (C=O) groups excluding carboxylic acids is 1. The lowest BCUT2D eigenvalue weighted by Crippen LogP contribution is -2.47. The lowest BCUT2D eigenvalue weighted by atomic mass is 9.72. The van der Waals surface area contributed by atoms with Crippen molar-refractivity contribution in [2.75, 3.05) is 63.2 Å². The third-order valence-corrected chi connectivity index (χ3v) is 12.1. The van der Waals surface area contributed by atoms with Crippen molar-refractivity contribution in [3.05, 3.63) is 123 Å². The second-order valence-electron chi connectivity index (χ2n) is 15.4. The summed E-state index contributed by atoms with van der Waals surface area (Å²) in [5, 5.41) is 16.2. The molecule has 58 heavy (non-hydrogen) atoms. The van der Waals surface area contributed by atoms with E-state index in [0.29, 0.717) is 37.1 Å². The molecule has 1 aromatic heterocycles. The van der Waals surface area contributed by atoms with Gasteiger partial charge in [-0.15, -0.1) is 0 Å². The third-order valence-electron chi connectivity index (χ3n) is 10.8. The Bertz CT molecular complexity index is 2330. The largest absolute Gasteiger partial charge is 0.588 e. The number of H-pyrrole nitrogens is 1. The molecule has 1 amide bonds. The summed E-state index contributed by atoms with van der Waals surface area (Å²) in [6.45, 7) is 9.23. The number of fused-ring (bicyclic) bond motifs is 1. The number of anilines is 2. The van der Waals surface area contributed by atoms with E-state index in [-0.39, 0.29) is 38.7 Å². The van der Waals surface area contributed by atoms with Gasteiger partial charge in [0.2, 0.25) is 0 Å². The molecular weight excluding hydrogens is 783 g/mol. The van der Waals surface area contributed by atoms with Gasteiger partial charge in [-0.3, -0.25) is 19.8 Å². The fourth-order valence-electron chi connectivity index (χ4n) is 7.54. The Labute approximate surface area is 344 Å². The van der Waals surface area contributed by atoms with Crippen molar-refractivity contribution < 1.29 is 28.1 Å². The molecule has 1 aliphatic carbocycles. The molecule has 15 heteroatoms. The second kappa shape index (κ2) is 17.8. The molecule has 1 unspecified atom stereocenters. The normalized spacial score (nSPS) is 16.3. The van der Waals surface area contributed by atoms with Gasteiger partial charge in [-0.1, -0.05) is 43.2 Å². The van der Waals surface area contributed by atoms with Crippen molar-refractivity contribution in [2.24, 2.45) is 5.41 Å². The summed E-state index contributed by atoms with van der Waals surface area (Å²) in [7, 11) is 1.52. The predicted octanol–water partition coefficient (Wildman–Crippen LogP) is 8.96. The molecule has 1 fully saturated rings. The second-order valence-corrected chi connectivity index (χ2v) is 17.0. The van der Waals surface area contributed by atoms with Gasteiger partial charge >= 0.3 is 0 Å². The Hall–Kier alpha value is -5.12. The van der Waals surface area contributed by atoms with Crippen LogP contribution in [0.1, 0.15) is 49.0 Å². The molecule has 7 rings (SSSR count). The van der Waals surface area contributed by atoms with Crippen LogP contribution < -0.4 is 19.7 Å². The zero-order valence-electron chi connectivity index (χ0n) is 32.6. The number of methoxy groups -OCH3 is 1. The zero-order chi connectivity index (χ0) is 41.0. The molecule has 304 valence electrons. The summed E-state index contributed by atoms with van der Waals surface area (Å²) in [6, 6.07) is 21.9. The fraction of sp³-hybridized carbons (Fsp3) is 0.326. The van der Waals surface area contributed by atoms with Crippen LogP contribution in [0, 0.1) is 21.3 Å². The summed E-state index contributed by atoms with van der Waals surface area (Å²) >= 11 is 4.04. The van der Waals surface area contributed by atoms with Crippen LogP contribution in [0.3, 0.4) is 0 Å². The number of aromatic amines is 1. The highest BCUT2D eigenvalue weighted by Gasteiger charge is 2.30. The maximum absolute atomic E-state index is 15.4. The van der Waals surface area contributed by atoms with Gasteiger partial charge in [-0.05, 0) is 84.3 Å². The monoisotopic (exact) mass is 828 g/mol. The van der Waals surface area contributed by atoms with E-state index in [1.54, 1.807) is 36.5 Å². The molecule has 1 aliphatic heterocycles. The number of halogens is 2. The Morgan fingerprint density at radius 3 is 2.53 bits per heavy atom. The number of amides is 1. The van der Waals surface area contributed by atoms with Gasteiger partial charge in [0.15, 0.2) is 16.5 Å². The lowest BCUT2D eigenvalue weighted by Gasteiger charge is -2.39. The number of carbonyl (C=O) groups is 1. The van der Waals surface area contributed by atoms with Crippen LogP contribution in [0.5, 0.6) is 11.5 Å². The molecule has 2 heterocycles. The molecule has 5 aromatic rings. The summed E-state index contributed by atoms with van der Waals surface area (Å²) in [6.07, 6.45) is 4.88. The highest BCUT2D eigenvalue weighted by molar-refractivity contribution is 7.90. The van der Waals surface area contributed by atoms with Crippen LogP contribution in [0.4, 0.5) is 21.5 Å². The van der Waals surface area contributed by atoms with Crippen molar-refractivity contribution in [1.82, 2.24) is 14.6 Å². The first-order chi connectivity index (χ1) is 27.9. The van der Waals surface area contributed by atoms with E-state index in [4.69, 9.17) is 21.1 Å². The minimum absolute atomic E-state index is 0.0125. The van der Waals surface area contributed by atoms with Gasteiger partial charge < -0.3 is 29.2 Å². The number of nitrogens with zero attached hydrogens (tertiary/aromatic N) is 3. The molecule has 0 saturated carbocycles. The number of rotatable bonds is 14. The summed E-state index contributed by atoms with van der Waals surface area (Å²) in [5.41, 5.74) is 5.62. The van der Waals surface area contributed by atoms with Crippen LogP contribution in [0.15, 0.2) is 95.5 Å². The van der Waals surface area contributed by atoms with E-state index in [0.717, 1.165) is 55.7 Å². The number of hydrogen-bond donors (Lipinski definition) is 3. The number of hydrogen-bond acceptors (Lipinski definition) is 9. The van der Waals surface area contributed by atoms with Crippen LogP contribution in [-0.4, -0.2) is 78.3 Å². The van der Waals surface area contributed by atoms with Crippen molar-refractivity contribution in [1.29, 1.82) is 0 Å². The highest BCUT2D eigenvalue weighted by atomic mass is 35.5. The Morgan fingerprint density at radius 1 is 1.02 bits per heavy atom. The molecule has 1 atom stereocenters. The molecule has 4 aromatic carbocycles. The van der Waals surface area contributed by atoms with Crippen LogP contribution in [0.2, 0.25) is 5.02 Å². The number of allylic oxidation sites excluding steroid dienone is 1. The third kappa shape index (κ3) is 9.59. The van der Waals surface area contributed by atoms with E-state index in [2.05, 4.69) is 50.8 Å². The Balaban J connectivity index is 1.10. The minimum Gasteiger partial charge on any atom is -0.588 e. The van der Waals surface area contributed by atoms with Gasteiger partial charge in [0, 0.05) is 86.3 Å². The first kappa shape index (κ1) is 41.1. The van der Waals surface area contributed by atoms with E-state index in [1.807, 2.05) is 12.1 Å². The van der Waals surface area contributed by atoms with Gasteiger partial charge in [0.1, 0.15) is 22.8 Å². The molecule has 1 saturated heterocycles. The molecular formula is C43H46ClFN6O6S. The molecule has 0 radical (unpaired) electrons.